The van der Waals surface area contributed by atoms with Gasteiger partial charge in [0.1, 0.15) is 6.61 Å². The Kier molecular flexibility index (Phi) is 3.81. The lowest BCUT2D eigenvalue weighted by Gasteiger charge is -2.07. The number of hydrogen-bond acceptors (Lipinski definition) is 2. The Balaban J connectivity index is 2.07. The molecule has 0 radical (unpaired) electrons. The van der Waals surface area contributed by atoms with E-state index in [4.69, 9.17) is 21.6 Å². The summed E-state index contributed by atoms with van der Waals surface area (Å²) in [6.45, 7) is 0.225. The molecule has 0 atom stereocenters. The van der Waals surface area contributed by atoms with E-state index < -0.39 is 5.82 Å². The smallest absolute Gasteiger partial charge is 0.183 e. The van der Waals surface area contributed by atoms with Crippen LogP contribution in [0.15, 0.2) is 42.5 Å². The first-order valence-corrected chi connectivity index (χ1v) is 5.64. The highest BCUT2D eigenvalue weighted by Gasteiger charge is 2.07. The van der Waals surface area contributed by atoms with Crippen LogP contribution in [0.3, 0.4) is 0 Å². The molecule has 2 aromatic carbocycles. The third kappa shape index (κ3) is 2.79. The molecule has 2 nitrogen and oxygen atoms in total. The van der Waals surface area contributed by atoms with Crippen LogP contribution in [0.2, 0.25) is 5.02 Å². The predicted molar refractivity (Wildman–Crippen MR) is 66.9 cm³/mol. The Morgan fingerprint density at radius 2 is 1.89 bits per heavy atom. The average Bonchev–Trinajstić information content (AvgIpc) is 2.41. The molecule has 4 heteroatoms. The number of rotatable bonds is 3. The molecule has 0 bridgehead atoms. The molecule has 2 aromatic rings. The van der Waals surface area contributed by atoms with E-state index in [1.54, 1.807) is 30.3 Å². The zero-order valence-electron chi connectivity index (χ0n) is 9.36. The number of nitriles is 1. The lowest BCUT2D eigenvalue weighted by molar-refractivity contribution is 0.290. The molecule has 0 unspecified atom stereocenters. The second-order valence-corrected chi connectivity index (χ2v) is 4.06. The van der Waals surface area contributed by atoms with E-state index in [9.17, 15) is 4.39 Å². The molecular weight excluding hydrogens is 253 g/mol. The number of nitrogens with zero attached hydrogens (tertiary/aromatic N) is 1. The summed E-state index contributed by atoms with van der Waals surface area (Å²) < 4.78 is 18.9. The lowest BCUT2D eigenvalue weighted by atomic mass is 10.2. The summed E-state index contributed by atoms with van der Waals surface area (Å²) >= 11 is 5.64. The number of ether oxygens (including phenoxy) is 1. The van der Waals surface area contributed by atoms with Crippen LogP contribution in [0.1, 0.15) is 11.1 Å². The van der Waals surface area contributed by atoms with Crippen LogP contribution in [-0.2, 0) is 6.61 Å². The maximum atomic E-state index is 13.5. The maximum absolute atomic E-state index is 13.5. The highest BCUT2D eigenvalue weighted by Crippen LogP contribution is 2.24. The first kappa shape index (κ1) is 12.4. The molecule has 0 N–H and O–H groups in total. The summed E-state index contributed by atoms with van der Waals surface area (Å²) in [5.41, 5.74) is 1.43. The van der Waals surface area contributed by atoms with Crippen molar-refractivity contribution in [3.05, 3.63) is 64.4 Å². The van der Waals surface area contributed by atoms with Crippen LogP contribution in [0, 0.1) is 17.1 Å². The van der Waals surface area contributed by atoms with Gasteiger partial charge >= 0.3 is 0 Å². The minimum absolute atomic E-state index is 0.0346. The summed E-state index contributed by atoms with van der Waals surface area (Å²) in [4.78, 5) is 0. The van der Waals surface area contributed by atoms with Crippen molar-refractivity contribution in [3.8, 4) is 11.8 Å². The summed E-state index contributed by atoms with van der Waals surface area (Å²) in [6.07, 6.45) is 0. The van der Waals surface area contributed by atoms with E-state index in [-0.39, 0.29) is 17.4 Å². The van der Waals surface area contributed by atoms with Crippen molar-refractivity contribution in [1.29, 1.82) is 5.26 Å². The molecular formula is C14H9ClFNO. The fourth-order valence-corrected chi connectivity index (χ4v) is 1.60. The first-order chi connectivity index (χ1) is 8.70. The van der Waals surface area contributed by atoms with Crippen LogP contribution in [-0.4, -0.2) is 0 Å². The molecule has 0 aliphatic carbocycles. The fraction of sp³-hybridized carbons (Fsp3) is 0.0714. The van der Waals surface area contributed by atoms with Crippen LogP contribution >= 0.6 is 11.6 Å². The van der Waals surface area contributed by atoms with Crippen molar-refractivity contribution in [2.75, 3.05) is 0 Å². The average molecular weight is 262 g/mol. The highest BCUT2D eigenvalue weighted by molar-refractivity contribution is 6.30. The van der Waals surface area contributed by atoms with E-state index in [1.807, 2.05) is 6.07 Å². The Morgan fingerprint density at radius 1 is 1.17 bits per heavy atom. The van der Waals surface area contributed by atoms with Crippen LogP contribution < -0.4 is 4.74 Å². The largest absolute Gasteiger partial charge is 0.486 e. The van der Waals surface area contributed by atoms with Gasteiger partial charge in [-0.3, -0.25) is 0 Å². The van der Waals surface area contributed by atoms with Gasteiger partial charge in [0.25, 0.3) is 0 Å². The Labute approximate surface area is 109 Å². The molecule has 0 spiro atoms. The van der Waals surface area contributed by atoms with Crippen molar-refractivity contribution < 1.29 is 9.13 Å². The van der Waals surface area contributed by atoms with E-state index in [0.29, 0.717) is 5.56 Å². The van der Waals surface area contributed by atoms with Crippen LogP contribution in [0.5, 0.6) is 5.75 Å². The van der Waals surface area contributed by atoms with E-state index in [1.165, 1.54) is 12.1 Å². The van der Waals surface area contributed by atoms with Crippen molar-refractivity contribution in [1.82, 2.24) is 0 Å². The zero-order valence-corrected chi connectivity index (χ0v) is 10.1. The number of halogens is 2. The van der Waals surface area contributed by atoms with Crippen molar-refractivity contribution in [2.24, 2.45) is 0 Å². The summed E-state index contributed by atoms with van der Waals surface area (Å²) in [5.74, 6) is -0.445. The highest BCUT2D eigenvalue weighted by atomic mass is 35.5. The fourth-order valence-electron chi connectivity index (χ4n) is 1.43. The second-order valence-electron chi connectivity index (χ2n) is 3.65. The van der Waals surface area contributed by atoms with Crippen LogP contribution in [0.25, 0.3) is 0 Å². The molecule has 18 heavy (non-hydrogen) atoms. The van der Waals surface area contributed by atoms with Gasteiger partial charge < -0.3 is 4.74 Å². The Hall–Kier alpha value is -2.05. The molecule has 90 valence electrons. The monoisotopic (exact) mass is 261 g/mol. The van der Waals surface area contributed by atoms with Gasteiger partial charge in [0.15, 0.2) is 11.6 Å². The molecule has 0 aliphatic heterocycles. The van der Waals surface area contributed by atoms with Crippen LogP contribution in [0.4, 0.5) is 4.39 Å². The molecule has 0 heterocycles. The standard InChI is InChI=1S/C14H9ClFNO/c15-12-2-1-3-13(14(12)16)18-9-11-6-4-10(8-17)5-7-11/h1-7H,9H2. The third-order valence-electron chi connectivity index (χ3n) is 2.39. The molecule has 0 fully saturated rings. The quantitative estimate of drug-likeness (QED) is 0.839. The summed E-state index contributed by atoms with van der Waals surface area (Å²) in [6, 6.07) is 13.5. The van der Waals surface area contributed by atoms with Gasteiger partial charge in [0.2, 0.25) is 0 Å². The lowest BCUT2D eigenvalue weighted by Crippen LogP contribution is -1.97. The minimum atomic E-state index is -0.562. The summed E-state index contributed by atoms with van der Waals surface area (Å²) in [5, 5.41) is 8.69. The molecule has 0 saturated heterocycles. The SMILES string of the molecule is N#Cc1ccc(COc2cccc(Cl)c2F)cc1. The molecule has 2 rings (SSSR count). The second kappa shape index (κ2) is 5.52. The molecule has 0 aromatic heterocycles. The van der Waals surface area contributed by atoms with Gasteiger partial charge in [-0.1, -0.05) is 29.8 Å². The number of hydrogen-bond donors (Lipinski definition) is 0. The molecule has 0 amide bonds. The van der Waals surface area contributed by atoms with Crippen molar-refractivity contribution in [3.63, 3.8) is 0 Å². The van der Waals surface area contributed by atoms with Gasteiger partial charge in [-0.25, -0.2) is 4.39 Å². The molecule has 0 saturated carbocycles. The van der Waals surface area contributed by atoms with Gasteiger partial charge in [-0.05, 0) is 29.8 Å². The van der Waals surface area contributed by atoms with Gasteiger partial charge in [-0.2, -0.15) is 5.26 Å². The van der Waals surface area contributed by atoms with Gasteiger partial charge in [0, 0.05) is 0 Å². The minimum Gasteiger partial charge on any atom is -0.486 e. The topological polar surface area (TPSA) is 33.0 Å². The van der Waals surface area contributed by atoms with E-state index in [2.05, 4.69) is 0 Å². The van der Waals surface area contributed by atoms with Gasteiger partial charge in [0.05, 0.1) is 16.7 Å². The van der Waals surface area contributed by atoms with E-state index >= 15 is 0 Å². The predicted octanol–water partition coefficient (Wildman–Crippen LogP) is 3.93. The van der Waals surface area contributed by atoms with Gasteiger partial charge in [-0.15, -0.1) is 0 Å². The summed E-state index contributed by atoms with van der Waals surface area (Å²) in [7, 11) is 0. The Bertz CT molecular complexity index is 590. The first-order valence-electron chi connectivity index (χ1n) is 5.26. The van der Waals surface area contributed by atoms with E-state index in [0.717, 1.165) is 5.56 Å². The zero-order chi connectivity index (χ0) is 13.0. The molecule has 0 aliphatic rings. The van der Waals surface area contributed by atoms with Crippen molar-refractivity contribution in [2.45, 2.75) is 6.61 Å². The normalized spacial score (nSPS) is 9.83. The Morgan fingerprint density at radius 3 is 2.56 bits per heavy atom. The maximum Gasteiger partial charge on any atom is 0.183 e. The third-order valence-corrected chi connectivity index (χ3v) is 2.69. The number of benzene rings is 2. The van der Waals surface area contributed by atoms with Crippen molar-refractivity contribution >= 4 is 11.6 Å².